The van der Waals surface area contributed by atoms with E-state index < -0.39 is 12.5 Å². The minimum Gasteiger partial charge on any atom is -0.356 e. The van der Waals surface area contributed by atoms with Gasteiger partial charge in [0.15, 0.2) is 0 Å². The quantitative estimate of drug-likeness (QED) is 0.739. The molecule has 0 bridgehead atoms. The van der Waals surface area contributed by atoms with E-state index in [0.717, 1.165) is 10.6 Å². The average molecular weight is 235 g/mol. The summed E-state index contributed by atoms with van der Waals surface area (Å²) in [5, 5.41) is 6.46. The van der Waals surface area contributed by atoms with Gasteiger partial charge in [0.25, 0.3) is 0 Å². The second-order valence-corrected chi connectivity index (χ2v) is 3.36. The van der Waals surface area contributed by atoms with Gasteiger partial charge in [-0.15, -0.1) is 13.2 Å². The van der Waals surface area contributed by atoms with E-state index in [1.54, 1.807) is 0 Å². The molecule has 1 aromatic rings. The number of halogens is 3. The van der Waals surface area contributed by atoms with Gasteiger partial charge in [0.05, 0.1) is 12.7 Å². The number of carbonyl (C=O) groups excluding carboxylic acids is 1. The Hall–Kier alpha value is -1.73. The molecule has 0 saturated carbocycles. The molecule has 2 rings (SSSR count). The topological polar surface area (TPSA) is 58.2 Å². The summed E-state index contributed by atoms with van der Waals surface area (Å²) >= 11 is 0. The Kier molecular flexibility index (Phi) is 2.49. The Bertz CT molecular complexity index is 401. The van der Waals surface area contributed by atoms with Gasteiger partial charge in [-0.2, -0.15) is 5.10 Å². The molecule has 0 atom stereocenters. The van der Waals surface area contributed by atoms with Crippen molar-refractivity contribution in [1.82, 2.24) is 15.1 Å². The Morgan fingerprint density at radius 3 is 3.00 bits per heavy atom. The summed E-state index contributed by atoms with van der Waals surface area (Å²) in [5.74, 6) is 0. The third kappa shape index (κ3) is 2.26. The Morgan fingerprint density at radius 1 is 1.56 bits per heavy atom. The number of H-pyrrole nitrogens is 1. The summed E-state index contributed by atoms with van der Waals surface area (Å²) in [6.45, 7) is 0.269. The summed E-state index contributed by atoms with van der Waals surface area (Å²) in [6.07, 6.45) is -4.38. The average Bonchev–Trinajstić information content (AvgIpc) is 2.61. The second-order valence-electron chi connectivity index (χ2n) is 3.36. The highest BCUT2D eigenvalue weighted by Crippen LogP contribution is 2.21. The number of hydrogen-bond donors (Lipinski definition) is 1. The highest BCUT2D eigenvalue weighted by atomic mass is 19.4. The van der Waals surface area contributed by atoms with Crippen molar-refractivity contribution in [3.8, 4) is 0 Å². The molecule has 8 heteroatoms. The van der Waals surface area contributed by atoms with Crippen LogP contribution in [-0.2, 0) is 17.7 Å². The Morgan fingerprint density at radius 2 is 2.31 bits per heavy atom. The number of aromatic amines is 1. The van der Waals surface area contributed by atoms with Gasteiger partial charge < -0.3 is 9.64 Å². The van der Waals surface area contributed by atoms with Crippen molar-refractivity contribution in [2.24, 2.45) is 0 Å². The van der Waals surface area contributed by atoms with E-state index >= 15 is 0 Å². The van der Waals surface area contributed by atoms with E-state index in [1.807, 2.05) is 0 Å². The van der Waals surface area contributed by atoms with Crippen molar-refractivity contribution >= 4 is 6.09 Å². The molecule has 1 amide bonds. The van der Waals surface area contributed by atoms with Gasteiger partial charge in [0, 0.05) is 24.2 Å². The number of hydrogen-bond acceptors (Lipinski definition) is 3. The van der Waals surface area contributed by atoms with Crippen molar-refractivity contribution in [2.45, 2.75) is 19.3 Å². The number of fused-ring (bicyclic) bond motifs is 1. The summed E-state index contributed by atoms with van der Waals surface area (Å²) in [5.41, 5.74) is 1.56. The number of nitrogens with zero attached hydrogens (tertiary/aromatic N) is 2. The van der Waals surface area contributed by atoms with E-state index in [9.17, 15) is 18.0 Å². The molecule has 88 valence electrons. The van der Waals surface area contributed by atoms with E-state index in [-0.39, 0.29) is 13.1 Å². The Labute approximate surface area is 88.2 Å². The molecule has 1 aliphatic heterocycles. The molecule has 0 radical (unpaired) electrons. The second kappa shape index (κ2) is 3.69. The molecular formula is C8H8F3N3O2. The highest BCUT2D eigenvalue weighted by molar-refractivity contribution is 5.68. The normalized spacial score (nSPS) is 15.8. The molecule has 0 aliphatic carbocycles. The van der Waals surface area contributed by atoms with Gasteiger partial charge in [-0.05, 0) is 0 Å². The van der Waals surface area contributed by atoms with Crippen LogP contribution in [0.1, 0.15) is 11.3 Å². The third-order valence-electron chi connectivity index (χ3n) is 2.26. The molecule has 1 aliphatic rings. The van der Waals surface area contributed by atoms with Crippen LogP contribution in [0.25, 0.3) is 0 Å². The highest BCUT2D eigenvalue weighted by Gasteiger charge is 2.36. The first-order valence-electron chi connectivity index (χ1n) is 4.51. The fourth-order valence-electron chi connectivity index (χ4n) is 1.54. The van der Waals surface area contributed by atoms with E-state index in [1.165, 1.54) is 6.20 Å². The molecule has 0 aromatic carbocycles. The number of rotatable bonds is 0. The maximum atomic E-state index is 11.8. The Balaban J connectivity index is 2.01. The van der Waals surface area contributed by atoms with Crippen molar-refractivity contribution in [3.63, 3.8) is 0 Å². The number of nitrogens with one attached hydrogen (secondary N) is 1. The van der Waals surface area contributed by atoms with E-state index in [0.29, 0.717) is 12.0 Å². The van der Waals surface area contributed by atoms with E-state index in [2.05, 4.69) is 14.9 Å². The molecule has 1 N–H and O–H groups in total. The first-order valence-corrected chi connectivity index (χ1v) is 4.51. The molecule has 16 heavy (non-hydrogen) atoms. The minimum absolute atomic E-state index is 0.0841. The number of carbonyl (C=O) groups is 1. The maximum absolute atomic E-state index is 11.8. The van der Waals surface area contributed by atoms with Crippen LogP contribution in [0.15, 0.2) is 6.20 Å². The predicted molar refractivity (Wildman–Crippen MR) is 45.2 cm³/mol. The number of alkyl halides is 3. The monoisotopic (exact) mass is 235 g/mol. The molecule has 0 saturated heterocycles. The van der Waals surface area contributed by atoms with Crippen LogP contribution in [0, 0.1) is 0 Å². The smallest absolute Gasteiger partial charge is 0.356 e. The van der Waals surface area contributed by atoms with Crippen molar-refractivity contribution in [3.05, 3.63) is 17.5 Å². The lowest BCUT2D eigenvalue weighted by atomic mass is 10.1. The van der Waals surface area contributed by atoms with Gasteiger partial charge >= 0.3 is 12.5 Å². The molecule has 1 aromatic heterocycles. The molecule has 0 spiro atoms. The standard InChI is InChI=1S/C8H8F3N3O2/c9-8(10,11)16-7(15)14-2-1-6-5(4-14)3-12-13-6/h3H,1-2,4H2,(H,12,13). The van der Waals surface area contributed by atoms with Crippen LogP contribution in [0.2, 0.25) is 0 Å². The third-order valence-corrected chi connectivity index (χ3v) is 2.26. The van der Waals surface area contributed by atoms with Crippen LogP contribution < -0.4 is 0 Å². The minimum atomic E-state index is -4.94. The first kappa shape index (κ1) is 10.8. The summed E-state index contributed by atoms with van der Waals surface area (Å²) in [6, 6.07) is 0. The number of aromatic nitrogens is 2. The number of ether oxygens (including phenoxy) is 1. The zero-order valence-corrected chi connectivity index (χ0v) is 8.04. The lowest BCUT2D eigenvalue weighted by molar-refractivity contribution is -0.295. The summed E-state index contributed by atoms with van der Waals surface area (Å²) in [4.78, 5) is 12.1. The van der Waals surface area contributed by atoms with Crippen molar-refractivity contribution < 1.29 is 22.7 Å². The molecule has 0 unspecified atom stereocenters. The largest absolute Gasteiger partial charge is 0.576 e. The lowest BCUT2D eigenvalue weighted by Gasteiger charge is -2.25. The van der Waals surface area contributed by atoms with Crippen LogP contribution in [0.5, 0.6) is 0 Å². The lowest BCUT2D eigenvalue weighted by Crippen LogP contribution is -2.38. The van der Waals surface area contributed by atoms with Crippen molar-refractivity contribution in [2.75, 3.05) is 6.54 Å². The van der Waals surface area contributed by atoms with Crippen molar-refractivity contribution in [1.29, 1.82) is 0 Å². The van der Waals surface area contributed by atoms with Gasteiger partial charge in [0.1, 0.15) is 0 Å². The van der Waals surface area contributed by atoms with Crippen LogP contribution in [-0.4, -0.2) is 34.1 Å². The zero-order chi connectivity index (χ0) is 11.8. The summed E-state index contributed by atoms with van der Waals surface area (Å²) in [7, 11) is 0. The predicted octanol–water partition coefficient (Wildman–Crippen LogP) is 1.42. The van der Waals surface area contributed by atoms with Crippen LogP contribution in [0.4, 0.5) is 18.0 Å². The van der Waals surface area contributed by atoms with Gasteiger partial charge in [-0.1, -0.05) is 0 Å². The van der Waals surface area contributed by atoms with Crippen LogP contribution >= 0.6 is 0 Å². The molecular weight excluding hydrogens is 227 g/mol. The maximum Gasteiger partial charge on any atom is 0.576 e. The number of amides is 1. The first-order chi connectivity index (χ1) is 7.46. The fourth-order valence-corrected chi connectivity index (χ4v) is 1.54. The molecule has 5 nitrogen and oxygen atoms in total. The summed E-state index contributed by atoms with van der Waals surface area (Å²) < 4.78 is 38.8. The zero-order valence-electron chi connectivity index (χ0n) is 8.04. The van der Waals surface area contributed by atoms with Gasteiger partial charge in [-0.3, -0.25) is 5.10 Å². The molecule has 2 heterocycles. The van der Waals surface area contributed by atoms with Gasteiger partial charge in [-0.25, -0.2) is 4.79 Å². The van der Waals surface area contributed by atoms with Gasteiger partial charge in [0.2, 0.25) is 0 Å². The molecule has 0 fully saturated rings. The SMILES string of the molecule is O=C(OC(F)(F)F)N1CCc2[nH]ncc2C1. The van der Waals surface area contributed by atoms with E-state index in [4.69, 9.17) is 0 Å². The fraction of sp³-hybridized carbons (Fsp3) is 0.500. The van der Waals surface area contributed by atoms with Crippen LogP contribution in [0.3, 0.4) is 0 Å².